The predicted molar refractivity (Wildman–Crippen MR) is 59.4 cm³/mol. The Balaban J connectivity index is 1.71. The Morgan fingerprint density at radius 2 is 2.23 bits per heavy atom. The zero-order valence-electron chi connectivity index (χ0n) is 8.30. The summed E-state index contributed by atoms with van der Waals surface area (Å²) >= 11 is 2.18. The van der Waals surface area contributed by atoms with Gasteiger partial charge in [0.05, 0.1) is 0 Å². The Kier molecular flexibility index (Phi) is 3.94. The van der Waals surface area contributed by atoms with Gasteiger partial charge in [-0.2, -0.15) is 11.8 Å². The summed E-state index contributed by atoms with van der Waals surface area (Å²) in [5.41, 5.74) is 0. The maximum atomic E-state index is 3.45. The van der Waals surface area contributed by atoms with Crippen molar-refractivity contribution in [2.24, 2.45) is 0 Å². The quantitative estimate of drug-likeness (QED) is 0.720. The topological polar surface area (TPSA) is 15.3 Å². The van der Waals surface area contributed by atoms with Crippen molar-refractivity contribution < 1.29 is 0 Å². The normalized spacial score (nSPS) is 31.8. The molecule has 2 rings (SSSR count). The lowest BCUT2D eigenvalue weighted by molar-refractivity contribution is 0.292. The molecule has 1 atom stereocenters. The Labute approximate surface area is 85.4 Å². The lowest BCUT2D eigenvalue weighted by Crippen LogP contribution is -2.33. The van der Waals surface area contributed by atoms with Crippen LogP contribution < -0.4 is 5.32 Å². The van der Waals surface area contributed by atoms with Crippen LogP contribution in [0.4, 0.5) is 0 Å². The molecular formula is C10H20N2S. The van der Waals surface area contributed by atoms with Crippen molar-refractivity contribution in [2.45, 2.75) is 24.5 Å². The van der Waals surface area contributed by atoms with Crippen LogP contribution in [0.25, 0.3) is 0 Å². The van der Waals surface area contributed by atoms with Gasteiger partial charge in [-0.15, -0.1) is 0 Å². The van der Waals surface area contributed by atoms with E-state index in [0.29, 0.717) is 0 Å². The molecule has 1 N–H and O–H groups in total. The first kappa shape index (κ1) is 9.81. The third-order valence-electron chi connectivity index (χ3n) is 2.92. The van der Waals surface area contributed by atoms with Crippen LogP contribution >= 0.6 is 11.8 Å². The van der Waals surface area contributed by atoms with Crippen LogP contribution in [0.1, 0.15) is 19.3 Å². The highest BCUT2D eigenvalue weighted by Gasteiger charge is 2.19. The average Bonchev–Trinajstić information content (AvgIpc) is 2.49. The van der Waals surface area contributed by atoms with Gasteiger partial charge in [0.25, 0.3) is 0 Å². The van der Waals surface area contributed by atoms with Gasteiger partial charge in [-0.1, -0.05) is 0 Å². The molecule has 1 unspecified atom stereocenters. The Morgan fingerprint density at radius 3 is 3.08 bits per heavy atom. The molecule has 0 aromatic heterocycles. The van der Waals surface area contributed by atoms with Crippen molar-refractivity contribution in [3.63, 3.8) is 0 Å². The second-order valence-electron chi connectivity index (χ2n) is 4.04. The summed E-state index contributed by atoms with van der Waals surface area (Å²) < 4.78 is 0. The molecule has 3 heteroatoms. The number of hydrogen-bond acceptors (Lipinski definition) is 3. The van der Waals surface area contributed by atoms with E-state index in [4.69, 9.17) is 0 Å². The molecule has 13 heavy (non-hydrogen) atoms. The summed E-state index contributed by atoms with van der Waals surface area (Å²) in [6.45, 7) is 6.32. The van der Waals surface area contributed by atoms with E-state index < -0.39 is 0 Å². The molecule has 0 saturated carbocycles. The van der Waals surface area contributed by atoms with Gasteiger partial charge >= 0.3 is 0 Å². The molecule has 2 aliphatic rings. The summed E-state index contributed by atoms with van der Waals surface area (Å²) in [7, 11) is 0. The van der Waals surface area contributed by atoms with Crippen molar-refractivity contribution in [1.82, 2.24) is 10.2 Å². The number of nitrogens with one attached hydrogen (secondary N) is 1. The first-order chi connectivity index (χ1) is 6.45. The fourth-order valence-electron chi connectivity index (χ4n) is 2.16. The van der Waals surface area contributed by atoms with E-state index in [2.05, 4.69) is 22.0 Å². The van der Waals surface area contributed by atoms with Gasteiger partial charge in [-0.05, 0) is 38.1 Å². The van der Waals surface area contributed by atoms with Crippen molar-refractivity contribution in [3.8, 4) is 0 Å². The van der Waals surface area contributed by atoms with E-state index >= 15 is 0 Å². The van der Waals surface area contributed by atoms with Crippen LogP contribution in [0.15, 0.2) is 0 Å². The van der Waals surface area contributed by atoms with Gasteiger partial charge in [0.2, 0.25) is 0 Å². The van der Waals surface area contributed by atoms with Gasteiger partial charge in [0, 0.05) is 24.9 Å². The molecule has 76 valence electrons. The minimum Gasteiger partial charge on any atom is -0.315 e. The highest BCUT2D eigenvalue weighted by atomic mass is 32.2. The molecule has 0 bridgehead atoms. The molecular weight excluding hydrogens is 180 g/mol. The smallest absolute Gasteiger partial charge is 0.0175 e. The van der Waals surface area contributed by atoms with Crippen LogP contribution in [0, 0.1) is 0 Å². The molecule has 2 heterocycles. The number of hydrogen-bond donors (Lipinski definition) is 1. The Hall–Kier alpha value is 0.270. The fourth-order valence-corrected chi connectivity index (χ4v) is 3.48. The summed E-state index contributed by atoms with van der Waals surface area (Å²) in [6, 6.07) is 0. The zero-order valence-corrected chi connectivity index (χ0v) is 9.11. The number of thioether (sulfide) groups is 1. The molecule has 0 aromatic carbocycles. The van der Waals surface area contributed by atoms with Crippen LogP contribution in [0.3, 0.4) is 0 Å². The van der Waals surface area contributed by atoms with Crippen LogP contribution in [0.5, 0.6) is 0 Å². The lowest BCUT2D eigenvalue weighted by Gasteiger charge is -2.22. The Morgan fingerprint density at radius 1 is 1.23 bits per heavy atom. The second-order valence-corrected chi connectivity index (χ2v) is 5.45. The maximum absolute atomic E-state index is 3.45. The van der Waals surface area contributed by atoms with Crippen LogP contribution in [-0.4, -0.2) is 48.6 Å². The molecule has 0 spiro atoms. The van der Waals surface area contributed by atoms with Crippen molar-refractivity contribution in [3.05, 3.63) is 0 Å². The van der Waals surface area contributed by atoms with Crippen LogP contribution in [0.2, 0.25) is 0 Å². The third kappa shape index (κ3) is 3.15. The fraction of sp³-hybridized carbons (Fsp3) is 1.00. The van der Waals surface area contributed by atoms with Crippen LogP contribution in [-0.2, 0) is 0 Å². The van der Waals surface area contributed by atoms with E-state index in [9.17, 15) is 0 Å². The standard InChI is InChI=1S/C10H20N2S/c1-3-10(13-8-1)9-12-6-2-4-11-5-7-12/h10-11H,1-9H2. The van der Waals surface area contributed by atoms with E-state index in [-0.39, 0.29) is 0 Å². The van der Waals surface area contributed by atoms with E-state index in [0.717, 1.165) is 5.25 Å². The average molecular weight is 200 g/mol. The summed E-state index contributed by atoms with van der Waals surface area (Å²) in [4.78, 5) is 2.64. The Bertz CT molecular complexity index is 138. The highest BCUT2D eigenvalue weighted by Crippen LogP contribution is 2.26. The SMILES string of the molecule is C1CSC(CN2CCCNCC2)C1. The predicted octanol–water partition coefficient (Wildman–Crippen LogP) is 1.18. The van der Waals surface area contributed by atoms with Crippen molar-refractivity contribution in [2.75, 3.05) is 38.5 Å². The molecule has 2 fully saturated rings. The summed E-state index contributed by atoms with van der Waals surface area (Å²) in [5, 5.41) is 4.40. The maximum Gasteiger partial charge on any atom is 0.0175 e. The summed E-state index contributed by atoms with van der Waals surface area (Å²) in [5.74, 6) is 1.40. The van der Waals surface area contributed by atoms with Gasteiger partial charge in [-0.3, -0.25) is 0 Å². The minimum absolute atomic E-state index is 0.943. The minimum atomic E-state index is 0.943. The van der Waals surface area contributed by atoms with Gasteiger partial charge in [0.1, 0.15) is 0 Å². The molecule has 2 nitrogen and oxygen atoms in total. The van der Waals surface area contributed by atoms with Crippen molar-refractivity contribution in [1.29, 1.82) is 0 Å². The number of nitrogens with zero attached hydrogens (tertiary/aromatic N) is 1. The first-order valence-electron chi connectivity index (χ1n) is 5.50. The molecule has 2 saturated heterocycles. The first-order valence-corrected chi connectivity index (χ1v) is 6.55. The second kappa shape index (κ2) is 5.23. The molecule has 2 aliphatic heterocycles. The molecule has 0 radical (unpaired) electrons. The number of rotatable bonds is 2. The lowest BCUT2D eigenvalue weighted by atomic mass is 10.2. The molecule has 0 aliphatic carbocycles. The van der Waals surface area contributed by atoms with Gasteiger partial charge in [0.15, 0.2) is 0 Å². The highest BCUT2D eigenvalue weighted by molar-refractivity contribution is 8.00. The van der Waals surface area contributed by atoms with E-state index in [1.165, 1.54) is 57.7 Å². The van der Waals surface area contributed by atoms with Crippen molar-refractivity contribution >= 4 is 11.8 Å². The summed E-state index contributed by atoms with van der Waals surface area (Å²) in [6.07, 6.45) is 4.23. The van der Waals surface area contributed by atoms with E-state index in [1.54, 1.807) is 0 Å². The van der Waals surface area contributed by atoms with Gasteiger partial charge in [-0.25, -0.2) is 0 Å². The molecule has 0 amide bonds. The van der Waals surface area contributed by atoms with Gasteiger partial charge < -0.3 is 10.2 Å². The largest absolute Gasteiger partial charge is 0.315 e. The molecule has 0 aromatic rings. The monoisotopic (exact) mass is 200 g/mol. The van der Waals surface area contributed by atoms with E-state index in [1.807, 2.05) is 0 Å². The third-order valence-corrected chi connectivity index (χ3v) is 4.30. The zero-order chi connectivity index (χ0) is 8.93.